The highest BCUT2D eigenvalue weighted by atomic mass is 16.7. The van der Waals surface area contributed by atoms with Crippen molar-refractivity contribution >= 4 is 35.8 Å². The molecule has 42 heavy (non-hydrogen) atoms. The lowest BCUT2D eigenvalue weighted by Crippen LogP contribution is -2.70. The Bertz CT molecular complexity index is 1170. The maximum Gasteiger partial charge on any atom is 0.379 e. The van der Waals surface area contributed by atoms with Crippen LogP contribution in [-0.4, -0.2) is 97.8 Å². The van der Waals surface area contributed by atoms with E-state index in [-0.39, 0.29) is 11.6 Å². The summed E-state index contributed by atoms with van der Waals surface area (Å²) < 4.78 is 43.7. The minimum Gasteiger partial charge on any atom is -0.491 e. The van der Waals surface area contributed by atoms with Crippen LogP contribution in [0, 0.1) is 0 Å². The van der Waals surface area contributed by atoms with Gasteiger partial charge < -0.3 is 43.2 Å². The molecule has 0 radical (unpaired) electrons. The van der Waals surface area contributed by atoms with Crippen LogP contribution in [0.15, 0.2) is 18.3 Å². The van der Waals surface area contributed by atoms with Crippen LogP contribution in [0.4, 0.5) is 0 Å². The van der Waals surface area contributed by atoms with Crippen LogP contribution < -0.4 is 14.8 Å². The number of methoxy groups -OCH3 is 2. The summed E-state index contributed by atoms with van der Waals surface area (Å²) in [6.45, 7) is 4.79. The Morgan fingerprint density at radius 1 is 1.00 bits per heavy atom. The molecule has 16 heteroatoms. The molecule has 0 saturated carbocycles. The lowest BCUT2D eigenvalue weighted by molar-refractivity contribution is -0.290. The fourth-order valence-corrected chi connectivity index (χ4v) is 4.27. The summed E-state index contributed by atoms with van der Waals surface area (Å²) in [5.74, 6) is -7.72. The largest absolute Gasteiger partial charge is 0.491 e. The van der Waals surface area contributed by atoms with E-state index in [9.17, 15) is 28.8 Å². The fraction of sp³-hybridized carbons (Fsp3) is 0.577. The minimum absolute atomic E-state index is 0.0816. The van der Waals surface area contributed by atoms with Crippen molar-refractivity contribution in [3.05, 3.63) is 18.3 Å². The van der Waals surface area contributed by atoms with E-state index >= 15 is 0 Å². The lowest BCUT2D eigenvalue weighted by atomic mass is 9.88. The summed E-state index contributed by atoms with van der Waals surface area (Å²) in [6, 6.07) is 1.68. The van der Waals surface area contributed by atoms with Gasteiger partial charge in [0.05, 0.1) is 26.7 Å². The summed E-state index contributed by atoms with van der Waals surface area (Å²) in [7, 11) is 2.36. The Morgan fingerprint density at radius 3 is 2.19 bits per heavy atom. The van der Waals surface area contributed by atoms with E-state index in [0.717, 1.165) is 41.7 Å². The van der Waals surface area contributed by atoms with E-state index in [1.807, 2.05) is 0 Å². The monoisotopic (exact) mass is 598 g/mol. The quantitative estimate of drug-likeness (QED) is 0.248. The number of ether oxygens (including phenoxy) is 8. The number of nitrogens with one attached hydrogen (secondary N) is 1. The SMILES string of the molecule is COC(=O)C1(Oc2ncccc2OC)CC(OC(C)=O)C(NC(C)=O)C([C@H](OC(C)=O)[C@@H](COC(C)=O)OC(C)=O)O1. The average Bonchev–Trinajstić information content (AvgIpc) is 2.90. The molecule has 1 N–H and O–H groups in total. The predicted molar refractivity (Wildman–Crippen MR) is 137 cm³/mol. The topological polar surface area (TPSA) is 201 Å². The van der Waals surface area contributed by atoms with E-state index in [2.05, 4.69) is 10.3 Å². The van der Waals surface area contributed by atoms with Gasteiger partial charge in [0.1, 0.15) is 18.8 Å². The van der Waals surface area contributed by atoms with Crippen molar-refractivity contribution in [3.8, 4) is 11.6 Å². The number of amides is 1. The molecule has 1 fully saturated rings. The highest BCUT2D eigenvalue weighted by molar-refractivity contribution is 5.79. The van der Waals surface area contributed by atoms with Crippen molar-refractivity contribution in [2.75, 3.05) is 20.8 Å². The second-order valence-electron chi connectivity index (χ2n) is 9.04. The van der Waals surface area contributed by atoms with E-state index in [4.69, 9.17) is 37.9 Å². The van der Waals surface area contributed by atoms with Crippen LogP contribution in [0.3, 0.4) is 0 Å². The van der Waals surface area contributed by atoms with Crippen molar-refractivity contribution in [2.45, 2.75) is 77.3 Å². The molecule has 1 saturated heterocycles. The number of rotatable bonds is 12. The van der Waals surface area contributed by atoms with Gasteiger partial charge in [0.2, 0.25) is 5.91 Å². The number of hydrogen-bond donors (Lipinski definition) is 1. The highest BCUT2D eigenvalue weighted by Crippen LogP contribution is 2.39. The molecule has 0 aromatic carbocycles. The molecular formula is C26H34N2O14. The zero-order valence-corrected chi connectivity index (χ0v) is 24.2. The number of carbonyl (C=O) groups excluding carboxylic acids is 6. The Morgan fingerprint density at radius 2 is 1.67 bits per heavy atom. The molecule has 1 aromatic rings. The summed E-state index contributed by atoms with van der Waals surface area (Å²) in [6.07, 6.45) is -5.49. The second-order valence-corrected chi connectivity index (χ2v) is 9.04. The van der Waals surface area contributed by atoms with Gasteiger partial charge in [-0.15, -0.1) is 0 Å². The van der Waals surface area contributed by atoms with Gasteiger partial charge in [-0.25, -0.2) is 9.78 Å². The Labute approximate surface area is 241 Å². The van der Waals surface area contributed by atoms with Gasteiger partial charge in [-0.1, -0.05) is 0 Å². The Hall–Kier alpha value is -4.47. The van der Waals surface area contributed by atoms with Crippen molar-refractivity contribution in [1.29, 1.82) is 0 Å². The van der Waals surface area contributed by atoms with Crippen molar-refractivity contribution in [3.63, 3.8) is 0 Å². The maximum absolute atomic E-state index is 13.4. The normalized spacial score (nSPS) is 22.8. The summed E-state index contributed by atoms with van der Waals surface area (Å²) in [4.78, 5) is 77.9. The lowest BCUT2D eigenvalue weighted by Gasteiger charge is -2.48. The van der Waals surface area contributed by atoms with Crippen LogP contribution in [0.1, 0.15) is 41.0 Å². The number of carbonyl (C=O) groups is 6. The van der Waals surface area contributed by atoms with Crippen LogP contribution in [-0.2, 0) is 57.2 Å². The molecule has 2 rings (SSSR count). The molecule has 1 aromatic heterocycles. The summed E-state index contributed by atoms with van der Waals surface area (Å²) in [5.41, 5.74) is 0. The molecule has 1 aliphatic heterocycles. The highest BCUT2D eigenvalue weighted by Gasteiger charge is 2.60. The molecule has 4 unspecified atom stereocenters. The Kier molecular flexibility index (Phi) is 12.0. The molecular weight excluding hydrogens is 564 g/mol. The molecule has 6 atom stereocenters. The molecule has 1 aliphatic rings. The third-order valence-corrected chi connectivity index (χ3v) is 5.71. The molecule has 0 bridgehead atoms. The zero-order valence-electron chi connectivity index (χ0n) is 24.2. The van der Waals surface area contributed by atoms with Crippen molar-refractivity contribution in [2.24, 2.45) is 0 Å². The van der Waals surface area contributed by atoms with E-state index in [0.29, 0.717) is 0 Å². The average molecular weight is 599 g/mol. The van der Waals surface area contributed by atoms with Gasteiger partial charge in [-0.2, -0.15) is 0 Å². The predicted octanol–water partition coefficient (Wildman–Crippen LogP) is -0.00990. The molecule has 16 nitrogen and oxygen atoms in total. The van der Waals surface area contributed by atoms with Gasteiger partial charge in [0.15, 0.2) is 18.0 Å². The van der Waals surface area contributed by atoms with Gasteiger partial charge in [-0.05, 0) is 12.1 Å². The summed E-state index contributed by atoms with van der Waals surface area (Å²) >= 11 is 0. The van der Waals surface area contributed by atoms with Gasteiger partial charge in [0, 0.05) is 40.8 Å². The Balaban J connectivity index is 2.81. The third-order valence-electron chi connectivity index (χ3n) is 5.71. The van der Waals surface area contributed by atoms with E-state index in [1.54, 1.807) is 0 Å². The number of esters is 5. The standard InChI is InChI=1S/C26H34N2O14/c1-13(29)28-21-19(38-15(3)31)11-26(25(34)36-7,42-24-18(35-6)9-8-10-27-24)41-23(21)22(40-17(5)33)20(39-16(4)32)12-37-14(2)30/h8-10,19-23H,11-12H2,1-7H3,(H,28,29)/t19?,20-,21?,22-,23?,26?/m1/s1. The van der Waals surface area contributed by atoms with Crippen LogP contribution >= 0.6 is 0 Å². The number of aromatic nitrogens is 1. The number of hydrogen-bond acceptors (Lipinski definition) is 15. The van der Waals surface area contributed by atoms with Crippen molar-refractivity contribution in [1.82, 2.24) is 10.3 Å². The molecule has 2 heterocycles. The first-order chi connectivity index (χ1) is 19.7. The van der Waals surface area contributed by atoms with Gasteiger partial charge in [-0.3, -0.25) is 24.0 Å². The summed E-state index contributed by atoms with van der Waals surface area (Å²) in [5, 5.41) is 2.57. The number of pyridine rings is 1. The van der Waals surface area contributed by atoms with Crippen molar-refractivity contribution < 1.29 is 66.7 Å². The van der Waals surface area contributed by atoms with Gasteiger partial charge >= 0.3 is 35.6 Å². The first-order valence-electron chi connectivity index (χ1n) is 12.6. The second kappa shape index (κ2) is 15.0. The van der Waals surface area contributed by atoms with E-state index < -0.39 is 85.0 Å². The third kappa shape index (κ3) is 9.02. The van der Waals surface area contributed by atoms with E-state index in [1.165, 1.54) is 25.4 Å². The molecule has 1 amide bonds. The van der Waals surface area contributed by atoms with Crippen LogP contribution in [0.5, 0.6) is 11.6 Å². The van der Waals surface area contributed by atoms with Gasteiger partial charge in [0.25, 0.3) is 5.88 Å². The smallest absolute Gasteiger partial charge is 0.379 e. The molecule has 0 spiro atoms. The first-order valence-corrected chi connectivity index (χ1v) is 12.6. The van der Waals surface area contributed by atoms with Crippen LogP contribution in [0.2, 0.25) is 0 Å². The fourth-order valence-electron chi connectivity index (χ4n) is 4.27. The maximum atomic E-state index is 13.4. The molecule has 232 valence electrons. The first kappa shape index (κ1) is 33.7. The zero-order chi connectivity index (χ0) is 31.6. The number of nitrogens with zero attached hydrogens (tertiary/aromatic N) is 1. The minimum atomic E-state index is -2.46. The molecule has 0 aliphatic carbocycles. The van der Waals surface area contributed by atoms with Crippen LogP contribution in [0.25, 0.3) is 0 Å².